The second kappa shape index (κ2) is 7.85. The van der Waals surface area contributed by atoms with E-state index in [9.17, 15) is 4.79 Å². The molecule has 0 N–H and O–H groups in total. The van der Waals surface area contributed by atoms with Crippen molar-refractivity contribution in [3.05, 3.63) is 52.1 Å². The van der Waals surface area contributed by atoms with E-state index in [0.29, 0.717) is 23.9 Å². The van der Waals surface area contributed by atoms with Crippen LogP contribution in [0.3, 0.4) is 0 Å². The zero-order valence-corrected chi connectivity index (χ0v) is 15.3. The molecule has 126 valence electrons. The van der Waals surface area contributed by atoms with E-state index in [0.717, 1.165) is 23.4 Å². The molecule has 24 heavy (non-hydrogen) atoms. The number of carbonyl (C=O) groups excluding carboxylic acids is 1. The van der Waals surface area contributed by atoms with Crippen LogP contribution in [0.2, 0.25) is 5.02 Å². The number of aromatic nitrogens is 1. The zero-order chi connectivity index (χ0) is 16.9. The first-order valence-corrected chi connectivity index (χ1v) is 8.82. The highest BCUT2D eigenvalue weighted by Crippen LogP contribution is 2.23. The van der Waals surface area contributed by atoms with Crippen LogP contribution >= 0.6 is 27.5 Å². The fourth-order valence-corrected chi connectivity index (χ4v) is 2.96. The van der Waals surface area contributed by atoms with E-state index in [4.69, 9.17) is 16.3 Å². The fourth-order valence-electron chi connectivity index (χ4n) is 2.53. The topological polar surface area (TPSA) is 45.7 Å². The van der Waals surface area contributed by atoms with Gasteiger partial charge in [0.1, 0.15) is 11.6 Å². The third kappa shape index (κ3) is 4.19. The molecule has 0 spiro atoms. The van der Waals surface area contributed by atoms with E-state index in [1.165, 1.54) is 0 Å². The Morgan fingerprint density at radius 3 is 2.58 bits per heavy atom. The molecular weight excluding hydrogens is 394 g/mol. The number of rotatable bonds is 4. The van der Waals surface area contributed by atoms with Gasteiger partial charge in [0.2, 0.25) is 0 Å². The van der Waals surface area contributed by atoms with Gasteiger partial charge >= 0.3 is 0 Å². The maximum Gasteiger partial charge on any atom is 0.260 e. The van der Waals surface area contributed by atoms with Crippen LogP contribution in [0.4, 0.5) is 5.82 Å². The lowest BCUT2D eigenvalue weighted by atomic mass is 10.3. The van der Waals surface area contributed by atoms with Crippen LogP contribution in [0.15, 0.2) is 47.1 Å². The summed E-state index contributed by atoms with van der Waals surface area (Å²) in [5.41, 5.74) is 0. The molecule has 5 nitrogen and oxygen atoms in total. The summed E-state index contributed by atoms with van der Waals surface area (Å²) in [7, 11) is 0. The number of halogens is 2. The van der Waals surface area contributed by atoms with Crippen LogP contribution in [0.25, 0.3) is 0 Å². The summed E-state index contributed by atoms with van der Waals surface area (Å²) in [6.07, 6.45) is 1.78. The van der Waals surface area contributed by atoms with Gasteiger partial charge in [-0.2, -0.15) is 0 Å². The molecule has 0 atom stereocenters. The van der Waals surface area contributed by atoms with Crippen LogP contribution in [-0.2, 0) is 4.79 Å². The highest BCUT2D eigenvalue weighted by atomic mass is 79.9. The lowest BCUT2D eigenvalue weighted by molar-refractivity contribution is -0.133. The molecule has 2 heterocycles. The van der Waals surface area contributed by atoms with Crippen LogP contribution in [-0.4, -0.2) is 48.6 Å². The number of carbonyl (C=O) groups is 1. The third-order valence-electron chi connectivity index (χ3n) is 3.86. The Morgan fingerprint density at radius 1 is 1.17 bits per heavy atom. The quantitative estimate of drug-likeness (QED) is 0.776. The van der Waals surface area contributed by atoms with Crippen LogP contribution in [0.1, 0.15) is 0 Å². The first-order valence-electron chi connectivity index (χ1n) is 7.65. The average Bonchev–Trinajstić information content (AvgIpc) is 2.62. The predicted octanol–water partition coefficient (Wildman–Crippen LogP) is 3.23. The number of ether oxygens (including phenoxy) is 1. The summed E-state index contributed by atoms with van der Waals surface area (Å²) in [6, 6.07) is 11.1. The smallest absolute Gasteiger partial charge is 0.260 e. The second-order valence-electron chi connectivity index (χ2n) is 5.42. The van der Waals surface area contributed by atoms with Crippen molar-refractivity contribution in [2.75, 3.05) is 37.7 Å². The Labute approximate surface area is 154 Å². The summed E-state index contributed by atoms with van der Waals surface area (Å²) in [6.45, 7) is 2.82. The van der Waals surface area contributed by atoms with Crippen molar-refractivity contribution in [2.24, 2.45) is 0 Å². The van der Waals surface area contributed by atoms with Crippen LogP contribution in [0, 0.1) is 0 Å². The van der Waals surface area contributed by atoms with Gasteiger partial charge in [0.25, 0.3) is 5.91 Å². The number of anilines is 1. The molecule has 3 rings (SSSR count). The van der Waals surface area contributed by atoms with E-state index in [1.807, 2.05) is 29.2 Å². The Hall–Kier alpha value is -1.79. The van der Waals surface area contributed by atoms with Crippen molar-refractivity contribution in [3.63, 3.8) is 0 Å². The molecule has 1 aromatic heterocycles. The van der Waals surface area contributed by atoms with Crippen molar-refractivity contribution in [2.45, 2.75) is 0 Å². The van der Waals surface area contributed by atoms with Gasteiger partial charge < -0.3 is 14.5 Å². The van der Waals surface area contributed by atoms with Crippen molar-refractivity contribution in [1.82, 2.24) is 9.88 Å². The molecule has 2 aromatic rings. The molecule has 0 bridgehead atoms. The maximum absolute atomic E-state index is 12.3. The number of nitrogens with zero attached hydrogens (tertiary/aromatic N) is 3. The molecule has 1 saturated heterocycles. The Morgan fingerprint density at radius 2 is 1.92 bits per heavy atom. The third-order valence-corrected chi connectivity index (χ3v) is 4.64. The Bertz CT molecular complexity index is 703. The van der Waals surface area contributed by atoms with E-state index in [2.05, 4.69) is 25.8 Å². The summed E-state index contributed by atoms with van der Waals surface area (Å²) in [4.78, 5) is 20.7. The van der Waals surface area contributed by atoms with Crippen molar-refractivity contribution in [1.29, 1.82) is 0 Å². The zero-order valence-electron chi connectivity index (χ0n) is 13.0. The van der Waals surface area contributed by atoms with E-state index in [-0.39, 0.29) is 12.5 Å². The Balaban J connectivity index is 1.50. The second-order valence-corrected chi connectivity index (χ2v) is 6.74. The number of benzene rings is 1. The summed E-state index contributed by atoms with van der Waals surface area (Å²) in [5.74, 6) is 1.43. The largest absolute Gasteiger partial charge is 0.482 e. The fraction of sp³-hybridized carbons (Fsp3) is 0.294. The van der Waals surface area contributed by atoms with Gasteiger partial charge in [-0.05, 0) is 40.2 Å². The number of para-hydroxylation sites is 1. The summed E-state index contributed by atoms with van der Waals surface area (Å²) >= 11 is 9.41. The first-order chi connectivity index (χ1) is 11.6. The van der Waals surface area contributed by atoms with Gasteiger partial charge in [0.05, 0.1) is 5.02 Å². The highest BCUT2D eigenvalue weighted by molar-refractivity contribution is 9.10. The van der Waals surface area contributed by atoms with E-state index < -0.39 is 0 Å². The monoisotopic (exact) mass is 409 g/mol. The van der Waals surface area contributed by atoms with Crippen LogP contribution < -0.4 is 9.64 Å². The molecule has 1 aliphatic heterocycles. The molecule has 1 amide bonds. The standard InChI is InChI=1S/C17H17BrClN3O2/c18-13-5-6-16(20-11-13)21-7-9-22(10-8-21)17(23)12-24-15-4-2-1-3-14(15)19/h1-6,11H,7-10,12H2. The number of amides is 1. The number of hydrogen-bond acceptors (Lipinski definition) is 4. The van der Waals surface area contributed by atoms with Gasteiger partial charge in [-0.1, -0.05) is 23.7 Å². The lowest BCUT2D eigenvalue weighted by Gasteiger charge is -2.35. The molecule has 7 heteroatoms. The average molecular weight is 411 g/mol. The first kappa shape index (κ1) is 17.0. The molecule has 0 aliphatic carbocycles. The SMILES string of the molecule is O=C(COc1ccccc1Cl)N1CCN(c2ccc(Br)cn2)CC1. The summed E-state index contributed by atoms with van der Waals surface area (Å²) < 4.78 is 6.48. The van der Waals surface area contributed by atoms with Gasteiger partial charge in [0, 0.05) is 36.8 Å². The summed E-state index contributed by atoms with van der Waals surface area (Å²) in [5, 5.41) is 0.511. The van der Waals surface area contributed by atoms with Gasteiger partial charge in [-0.15, -0.1) is 0 Å². The van der Waals surface area contributed by atoms with E-state index in [1.54, 1.807) is 18.3 Å². The minimum Gasteiger partial charge on any atom is -0.482 e. The molecule has 0 radical (unpaired) electrons. The van der Waals surface area contributed by atoms with Crippen molar-refractivity contribution in [3.8, 4) is 5.75 Å². The maximum atomic E-state index is 12.3. The minimum atomic E-state index is -0.0293. The van der Waals surface area contributed by atoms with Gasteiger partial charge in [0.15, 0.2) is 6.61 Å². The van der Waals surface area contributed by atoms with E-state index >= 15 is 0 Å². The highest BCUT2D eigenvalue weighted by Gasteiger charge is 2.22. The molecule has 1 fully saturated rings. The molecule has 1 aliphatic rings. The number of piperazine rings is 1. The number of hydrogen-bond donors (Lipinski definition) is 0. The van der Waals surface area contributed by atoms with Gasteiger partial charge in [-0.3, -0.25) is 4.79 Å². The Kier molecular flexibility index (Phi) is 5.58. The van der Waals surface area contributed by atoms with Gasteiger partial charge in [-0.25, -0.2) is 4.98 Å². The molecule has 0 saturated carbocycles. The van der Waals surface area contributed by atoms with Crippen molar-refractivity contribution < 1.29 is 9.53 Å². The molecule has 0 unspecified atom stereocenters. The number of pyridine rings is 1. The predicted molar refractivity (Wildman–Crippen MR) is 97.7 cm³/mol. The molecular formula is C17H17BrClN3O2. The van der Waals surface area contributed by atoms with Crippen molar-refractivity contribution >= 4 is 39.3 Å². The van der Waals surface area contributed by atoms with Crippen LogP contribution in [0.5, 0.6) is 5.75 Å². The normalized spacial score (nSPS) is 14.6. The molecule has 1 aromatic carbocycles. The minimum absolute atomic E-state index is 0.000265. The lowest BCUT2D eigenvalue weighted by Crippen LogP contribution is -2.50.